The zero-order chi connectivity index (χ0) is 18.3. The third-order valence-corrected chi connectivity index (χ3v) is 6.58. The molecule has 0 fully saturated rings. The van der Waals surface area contributed by atoms with E-state index in [-0.39, 0.29) is 22.3 Å². The van der Waals surface area contributed by atoms with Gasteiger partial charge in [-0.2, -0.15) is 0 Å². The maximum absolute atomic E-state index is 12.7. The number of nitrogens with one attached hydrogen (secondary N) is 1. The molecule has 4 rings (SSSR count). The molecule has 0 spiro atoms. The summed E-state index contributed by atoms with van der Waals surface area (Å²) in [6, 6.07) is 5.58. The van der Waals surface area contributed by atoms with Crippen LogP contribution in [0, 0.1) is 10.1 Å². The minimum Gasteiger partial charge on any atom is -0.361 e. The van der Waals surface area contributed by atoms with E-state index in [1.165, 1.54) is 10.6 Å². The number of nitro benzene ring substituents is 1. The molecule has 0 bridgehead atoms. The first-order chi connectivity index (χ1) is 12.6. The number of benzene rings is 1. The van der Waals surface area contributed by atoms with Gasteiger partial charge in [0.05, 0.1) is 4.92 Å². The van der Waals surface area contributed by atoms with E-state index in [1.807, 2.05) is 19.1 Å². The van der Waals surface area contributed by atoms with Gasteiger partial charge in [-0.05, 0) is 31.2 Å². The predicted molar refractivity (Wildman–Crippen MR) is 103 cm³/mol. The molecule has 6 heteroatoms. The molecule has 136 valence electrons. The third kappa shape index (κ3) is 2.86. The Hall–Kier alpha value is -2.08. The fourth-order valence-corrected chi connectivity index (χ4v) is 5.50. The lowest BCUT2D eigenvalue weighted by Gasteiger charge is -2.33. The first kappa shape index (κ1) is 17.3. The highest BCUT2D eigenvalue weighted by molar-refractivity contribution is 8.03. The Kier molecular flexibility index (Phi) is 4.61. The van der Waals surface area contributed by atoms with Gasteiger partial charge < -0.3 is 5.32 Å². The lowest BCUT2D eigenvalue weighted by atomic mass is 9.79. The number of thioether (sulfide) groups is 1. The molecule has 1 aromatic carbocycles. The van der Waals surface area contributed by atoms with Crippen LogP contribution in [0.4, 0.5) is 5.69 Å². The lowest BCUT2D eigenvalue weighted by Crippen LogP contribution is -2.30. The number of ketones is 1. The van der Waals surface area contributed by atoms with Crippen molar-refractivity contribution in [3.8, 4) is 0 Å². The highest BCUT2D eigenvalue weighted by atomic mass is 32.2. The largest absolute Gasteiger partial charge is 0.361 e. The van der Waals surface area contributed by atoms with E-state index in [4.69, 9.17) is 0 Å². The standard InChI is InChI=1S/C20H22N2O3S/c1-2-4-12-7-8-13(11-16(12)22(24)25)18-19-14(5-3-6-17(19)23)21-15-9-10-26-20(15)18/h7-8,11,18,21H,2-6,9-10H2,1H3. The number of nitrogens with zero attached hydrogens (tertiary/aromatic N) is 1. The molecule has 1 unspecified atom stereocenters. The summed E-state index contributed by atoms with van der Waals surface area (Å²) in [5.74, 6) is 1.04. The highest BCUT2D eigenvalue weighted by Crippen LogP contribution is 2.50. The average molecular weight is 370 g/mol. The number of dihydropyridines is 1. The van der Waals surface area contributed by atoms with Gasteiger partial charge >= 0.3 is 0 Å². The molecule has 3 aliphatic rings. The van der Waals surface area contributed by atoms with Gasteiger partial charge in [-0.3, -0.25) is 14.9 Å². The van der Waals surface area contributed by atoms with Gasteiger partial charge in [0.1, 0.15) is 0 Å². The summed E-state index contributed by atoms with van der Waals surface area (Å²) < 4.78 is 0. The number of Topliss-reactive ketones (excluding diaryl/α,β-unsaturated/α-hetero) is 1. The van der Waals surface area contributed by atoms with Crippen LogP contribution in [0.3, 0.4) is 0 Å². The van der Waals surface area contributed by atoms with Crippen molar-refractivity contribution in [2.75, 3.05) is 5.75 Å². The van der Waals surface area contributed by atoms with Gasteiger partial charge in [-0.1, -0.05) is 25.5 Å². The van der Waals surface area contributed by atoms with Crippen LogP contribution < -0.4 is 5.32 Å². The van der Waals surface area contributed by atoms with Crippen molar-refractivity contribution in [2.45, 2.75) is 51.4 Å². The first-order valence-electron chi connectivity index (χ1n) is 9.26. The third-order valence-electron chi connectivity index (χ3n) is 5.37. The smallest absolute Gasteiger partial charge is 0.272 e. The van der Waals surface area contributed by atoms with Crippen molar-refractivity contribution >= 4 is 23.2 Å². The van der Waals surface area contributed by atoms with Crippen molar-refractivity contribution in [1.29, 1.82) is 0 Å². The molecular weight excluding hydrogens is 348 g/mol. The number of allylic oxidation sites excluding steroid dienone is 4. The van der Waals surface area contributed by atoms with E-state index >= 15 is 0 Å². The maximum atomic E-state index is 12.7. The highest BCUT2D eigenvalue weighted by Gasteiger charge is 2.39. The molecule has 0 amide bonds. The molecule has 0 radical (unpaired) electrons. The molecule has 26 heavy (non-hydrogen) atoms. The Morgan fingerprint density at radius 2 is 2.12 bits per heavy atom. The van der Waals surface area contributed by atoms with Crippen LogP contribution >= 0.6 is 11.8 Å². The van der Waals surface area contributed by atoms with E-state index in [0.717, 1.165) is 53.8 Å². The summed E-state index contributed by atoms with van der Waals surface area (Å²) in [4.78, 5) is 25.2. The van der Waals surface area contributed by atoms with Gasteiger partial charge in [0.15, 0.2) is 5.78 Å². The van der Waals surface area contributed by atoms with E-state index in [9.17, 15) is 14.9 Å². The molecular formula is C20H22N2O3S. The fourth-order valence-electron chi connectivity index (χ4n) is 4.23. The van der Waals surface area contributed by atoms with Crippen LogP contribution in [-0.2, 0) is 11.2 Å². The van der Waals surface area contributed by atoms with Crippen LogP contribution in [0.25, 0.3) is 0 Å². The van der Waals surface area contributed by atoms with Crippen molar-refractivity contribution in [1.82, 2.24) is 5.32 Å². The lowest BCUT2D eigenvalue weighted by molar-refractivity contribution is -0.385. The molecule has 0 saturated heterocycles. The Morgan fingerprint density at radius 1 is 1.27 bits per heavy atom. The second-order valence-corrected chi connectivity index (χ2v) is 8.20. The SMILES string of the molecule is CCCc1ccc(C2C3=C(CCS3)NC3=C2C(=O)CCC3)cc1[N+](=O)[O-]. The van der Waals surface area contributed by atoms with E-state index in [0.29, 0.717) is 12.8 Å². The molecule has 0 saturated carbocycles. The van der Waals surface area contributed by atoms with Crippen LogP contribution in [0.5, 0.6) is 0 Å². The van der Waals surface area contributed by atoms with Gasteiger partial charge in [0.2, 0.25) is 0 Å². The minimum absolute atomic E-state index is 0.143. The average Bonchev–Trinajstić information content (AvgIpc) is 3.09. The summed E-state index contributed by atoms with van der Waals surface area (Å²) >= 11 is 1.78. The quantitative estimate of drug-likeness (QED) is 0.620. The van der Waals surface area contributed by atoms with Crippen molar-refractivity contribution < 1.29 is 9.72 Å². The molecule has 1 N–H and O–H groups in total. The Labute approximate surface area is 157 Å². The second kappa shape index (κ2) is 6.91. The van der Waals surface area contributed by atoms with Crippen LogP contribution in [0.15, 0.2) is 40.1 Å². The molecule has 1 aliphatic carbocycles. The van der Waals surface area contributed by atoms with Gasteiger partial charge in [-0.15, -0.1) is 11.8 Å². The first-order valence-corrected chi connectivity index (χ1v) is 10.2. The summed E-state index contributed by atoms with van der Waals surface area (Å²) in [6.45, 7) is 2.02. The Morgan fingerprint density at radius 3 is 2.88 bits per heavy atom. The summed E-state index contributed by atoms with van der Waals surface area (Å²) in [6.07, 6.45) is 4.86. The van der Waals surface area contributed by atoms with E-state index < -0.39 is 0 Å². The maximum Gasteiger partial charge on any atom is 0.272 e. The fraction of sp³-hybridized carbons (Fsp3) is 0.450. The zero-order valence-corrected chi connectivity index (χ0v) is 15.7. The van der Waals surface area contributed by atoms with E-state index in [1.54, 1.807) is 17.8 Å². The number of hydrogen-bond donors (Lipinski definition) is 1. The topological polar surface area (TPSA) is 72.2 Å². The zero-order valence-electron chi connectivity index (χ0n) is 14.8. The van der Waals surface area contributed by atoms with Gasteiger partial charge in [0.25, 0.3) is 5.69 Å². The van der Waals surface area contributed by atoms with Crippen molar-refractivity contribution in [2.24, 2.45) is 0 Å². The van der Waals surface area contributed by atoms with Gasteiger partial charge in [0, 0.05) is 51.6 Å². The summed E-state index contributed by atoms with van der Waals surface area (Å²) in [7, 11) is 0. The molecule has 5 nitrogen and oxygen atoms in total. The number of carbonyl (C=O) groups excluding carboxylic acids is 1. The molecule has 0 aromatic heterocycles. The summed E-state index contributed by atoms with van der Waals surface area (Å²) in [5.41, 5.74) is 4.90. The number of hydrogen-bond acceptors (Lipinski definition) is 5. The van der Waals surface area contributed by atoms with Crippen molar-refractivity contribution in [3.05, 3.63) is 61.3 Å². The van der Waals surface area contributed by atoms with Crippen molar-refractivity contribution in [3.63, 3.8) is 0 Å². The monoisotopic (exact) mass is 370 g/mol. The molecule has 1 aromatic rings. The predicted octanol–water partition coefficient (Wildman–Crippen LogP) is 4.59. The number of carbonyl (C=O) groups is 1. The molecule has 2 heterocycles. The summed E-state index contributed by atoms with van der Waals surface area (Å²) in [5, 5.41) is 15.1. The molecule has 1 atom stereocenters. The molecule has 2 aliphatic heterocycles. The van der Waals surface area contributed by atoms with Gasteiger partial charge in [-0.25, -0.2) is 0 Å². The van der Waals surface area contributed by atoms with E-state index in [2.05, 4.69) is 5.32 Å². The Bertz CT molecular complexity index is 857. The van der Waals surface area contributed by atoms with Crippen LogP contribution in [0.1, 0.15) is 56.1 Å². The number of nitro groups is 1. The Balaban J connectivity index is 1.84. The number of rotatable bonds is 4. The second-order valence-electron chi connectivity index (χ2n) is 7.06. The number of aryl methyl sites for hydroxylation is 1. The minimum atomic E-state index is -0.287. The van der Waals surface area contributed by atoms with Crippen LogP contribution in [-0.4, -0.2) is 16.5 Å². The van der Waals surface area contributed by atoms with Crippen LogP contribution in [0.2, 0.25) is 0 Å². The normalized spacial score (nSPS) is 22.2.